The Morgan fingerprint density at radius 1 is 1.00 bits per heavy atom. The van der Waals surface area contributed by atoms with Crippen LogP contribution in [-0.4, -0.2) is 5.78 Å². The van der Waals surface area contributed by atoms with Crippen molar-refractivity contribution in [2.45, 2.75) is 18.3 Å². The Morgan fingerprint density at radius 3 is 2.05 bits per heavy atom. The van der Waals surface area contributed by atoms with Crippen molar-refractivity contribution in [2.24, 2.45) is 5.92 Å². The van der Waals surface area contributed by atoms with Gasteiger partial charge in [-0.15, -0.1) is 0 Å². The van der Waals surface area contributed by atoms with Gasteiger partial charge in [0.25, 0.3) is 0 Å². The zero-order valence-electron chi connectivity index (χ0n) is 12.6. The summed E-state index contributed by atoms with van der Waals surface area (Å²) in [7, 11) is 0. The lowest BCUT2D eigenvalue weighted by Crippen LogP contribution is -2.34. The summed E-state index contributed by atoms with van der Waals surface area (Å²) in [6, 6.07) is 21.0. The molecular formula is C21H20O. The fraction of sp³-hybridized carbons (Fsp3) is 0.190. The zero-order chi connectivity index (χ0) is 15.4. The van der Waals surface area contributed by atoms with E-state index in [-0.39, 0.29) is 17.1 Å². The van der Waals surface area contributed by atoms with Crippen LogP contribution in [-0.2, 0) is 10.2 Å². The topological polar surface area (TPSA) is 17.1 Å². The molecule has 0 radical (unpaired) electrons. The molecule has 0 fully saturated rings. The van der Waals surface area contributed by atoms with Crippen LogP contribution in [0.1, 0.15) is 24.0 Å². The molecule has 1 aliphatic carbocycles. The van der Waals surface area contributed by atoms with Crippen LogP contribution in [0.15, 0.2) is 85.5 Å². The largest absolute Gasteiger partial charge is 0.294 e. The lowest BCUT2D eigenvalue weighted by atomic mass is 9.64. The Balaban J connectivity index is 2.11. The molecule has 110 valence electrons. The summed E-state index contributed by atoms with van der Waals surface area (Å²) in [5.74, 6) is 0.0128. The SMILES string of the molecule is C=CC(=O)C1C=CCC(c2ccccc2)(c2ccccc2)C1. The van der Waals surface area contributed by atoms with Crippen molar-refractivity contribution in [3.63, 3.8) is 0 Å². The number of hydrogen-bond donors (Lipinski definition) is 0. The van der Waals surface area contributed by atoms with Gasteiger partial charge in [-0.1, -0.05) is 79.4 Å². The Morgan fingerprint density at radius 2 is 1.55 bits per heavy atom. The first-order chi connectivity index (χ1) is 10.8. The van der Waals surface area contributed by atoms with Crippen LogP contribution < -0.4 is 0 Å². The van der Waals surface area contributed by atoms with E-state index in [1.807, 2.05) is 18.2 Å². The Bertz CT molecular complexity index is 643. The molecule has 1 unspecified atom stereocenters. The van der Waals surface area contributed by atoms with Crippen molar-refractivity contribution in [3.8, 4) is 0 Å². The van der Waals surface area contributed by atoms with Crippen molar-refractivity contribution in [2.75, 3.05) is 0 Å². The molecule has 0 aromatic heterocycles. The molecule has 0 aliphatic heterocycles. The molecule has 0 saturated carbocycles. The van der Waals surface area contributed by atoms with Crippen LogP contribution in [0.25, 0.3) is 0 Å². The van der Waals surface area contributed by atoms with Gasteiger partial charge < -0.3 is 0 Å². The number of carbonyl (C=O) groups is 1. The second-order valence-corrected chi connectivity index (χ2v) is 5.86. The minimum atomic E-state index is -0.138. The molecule has 1 heteroatoms. The summed E-state index contributed by atoms with van der Waals surface area (Å²) in [4.78, 5) is 12.1. The molecule has 1 atom stereocenters. The Labute approximate surface area is 132 Å². The molecule has 0 N–H and O–H groups in total. The third-order valence-electron chi connectivity index (χ3n) is 4.62. The van der Waals surface area contributed by atoms with E-state index in [4.69, 9.17) is 0 Å². The molecule has 2 aromatic rings. The molecule has 0 heterocycles. The molecule has 0 bridgehead atoms. The van der Waals surface area contributed by atoms with Gasteiger partial charge >= 0.3 is 0 Å². The van der Waals surface area contributed by atoms with E-state index in [0.29, 0.717) is 0 Å². The van der Waals surface area contributed by atoms with Gasteiger partial charge in [-0.2, -0.15) is 0 Å². The number of rotatable bonds is 4. The molecule has 0 amide bonds. The molecule has 1 nitrogen and oxygen atoms in total. The van der Waals surface area contributed by atoms with E-state index in [1.165, 1.54) is 17.2 Å². The highest BCUT2D eigenvalue weighted by atomic mass is 16.1. The van der Waals surface area contributed by atoms with E-state index in [1.54, 1.807) is 0 Å². The van der Waals surface area contributed by atoms with E-state index < -0.39 is 0 Å². The lowest BCUT2D eigenvalue weighted by molar-refractivity contribution is -0.117. The Kier molecular flexibility index (Phi) is 4.06. The summed E-state index contributed by atoms with van der Waals surface area (Å²) in [6.45, 7) is 3.65. The van der Waals surface area contributed by atoms with Crippen molar-refractivity contribution in [1.29, 1.82) is 0 Å². The van der Waals surface area contributed by atoms with Gasteiger partial charge in [0.2, 0.25) is 0 Å². The summed E-state index contributed by atoms with van der Waals surface area (Å²) >= 11 is 0. The van der Waals surface area contributed by atoms with Crippen LogP contribution in [0.3, 0.4) is 0 Å². The average Bonchev–Trinajstić information content (AvgIpc) is 2.62. The first-order valence-electron chi connectivity index (χ1n) is 7.70. The van der Waals surface area contributed by atoms with E-state index in [2.05, 4.69) is 61.2 Å². The van der Waals surface area contributed by atoms with Gasteiger partial charge in [-0.05, 0) is 30.0 Å². The molecular weight excluding hydrogens is 268 g/mol. The van der Waals surface area contributed by atoms with Crippen molar-refractivity contribution < 1.29 is 4.79 Å². The quantitative estimate of drug-likeness (QED) is 0.589. The molecule has 2 aromatic carbocycles. The number of benzene rings is 2. The highest BCUT2D eigenvalue weighted by molar-refractivity contribution is 5.92. The summed E-state index contributed by atoms with van der Waals surface area (Å²) < 4.78 is 0. The highest BCUT2D eigenvalue weighted by Crippen LogP contribution is 2.44. The van der Waals surface area contributed by atoms with Gasteiger partial charge in [-0.25, -0.2) is 0 Å². The second kappa shape index (κ2) is 6.15. The van der Waals surface area contributed by atoms with Crippen molar-refractivity contribution >= 4 is 5.78 Å². The molecule has 22 heavy (non-hydrogen) atoms. The monoisotopic (exact) mass is 288 g/mol. The predicted octanol–water partition coefficient (Wildman–Crippen LogP) is 4.69. The van der Waals surface area contributed by atoms with Gasteiger partial charge in [-0.3, -0.25) is 4.79 Å². The fourth-order valence-corrected chi connectivity index (χ4v) is 3.46. The van der Waals surface area contributed by atoms with Gasteiger partial charge in [0.1, 0.15) is 0 Å². The van der Waals surface area contributed by atoms with E-state index in [0.717, 1.165) is 12.8 Å². The summed E-state index contributed by atoms with van der Waals surface area (Å²) in [6.07, 6.45) is 7.34. The second-order valence-electron chi connectivity index (χ2n) is 5.86. The van der Waals surface area contributed by atoms with Crippen molar-refractivity contribution in [3.05, 3.63) is 96.6 Å². The molecule has 0 spiro atoms. The van der Waals surface area contributed by atoms with Gasteiger partial charge in [0.15, 0.2) is 5.78 Å². The maximum atomic E-state index is 12.1. The highest BCUT2D eigenvalue weighted by Gasteiger charge is 2.38. The minimum Gasteiger partial charge on any atom is -0.294 e. The minimum absolute atomic E-state index is 0.0911. The van der Waals surface area contributed by atoms with Crippen LogP contribution in [0.2, 0.25) is 0 Å². The maximum Gasteiger partial charge on any atom is 0.161 e. The molecule has 0 saturated heterocycles. The number of carbonyl (C=O) groups excluding carboxylic acids is 1. The van der Waals surface area contributed by atoms with Crippen LogP contribution in [0, 0.1) is 5.92 Å². The first kappa shape index (κ1) is 14.5. The number of hydrogen-bond acceptors (Lipinski definition) is 1. The summed E-state index contributed by atoms with van der Waals surface area (Å²) in [5.41, 5.74) is 2.40. The number of allylic oxidation sites excluding steroid dienone is 3. The molecule has 3 rings (SSSR count). The lowest BCUT2D eigenvalue weighted by Gasteiger charge is -2.39. The third kappa shape index (κ3) is 2.55. The van der Waals surface area contributed by atoms with E-state index in [9.17, 15) is 4.79 Å². The number of ketones is 1. The van der Waals surface area contributed by atoms with Crippen LogP contribution in [0.5, 0.6) is 0 Å². The zero-order valence-corrected chi connectivity index (χ0v) is 12.6. The predicted molar refractivity (Wildman–Crippen MR) is 90.7 cm³/mol. The average molecular weight is 288 g/mol. The van der Waals surface area contributed by atoms with E-state index >= 15 is 0 Å². The van der Waals surface area contributed by atoms with Gasteiger partial charge in [0.05, 0.1) is 0 Å². The smallest absolute Gasteiger partial charge is 0.161 e. The van der Waals surface area contributed by atoms with Gasteiger partial charge in [0, 0.05) is 11.3 Å². The van der Waals surface area contributed by atoms with Crippen molar-refractivity contribution in [1.82, 2.24) is 0 Å². The van der Waals surface area contributed by atoms with Crippen LogP contribution in [0.4, 0.5) is 0 Å². The maximum absolute atomic E-state index is 12.1. The third-order valence-corrected chi connectivity index (χ3v) is 4.62. The normalized spacial score (nSPS) is 19.5. The molecule has 1 aliphatic rings. The first-order valence-corrected chi connectivity index (χ1v) is 7.70. The van der Waals surface area contributed by atoms with Crippen LogP contribution >= 0.6 is 0 Å². The fourth-order valence-electron chi connectivity index (χ4n) is 3.46. The standard InChI is InChI=1S/C21H20O/c1-2-20(22)17-10-9-15-21(16-17,18-11-5-3-6-12-18)19-13-7-4-8-14-19/h2-14,17H,1,15-16H2. The Hall–Kier alpha value is -2.41. The summed E-state index contributed by atoms with van der Waals surface area (Å²) in [5, 5.41) is 0.